The molecule has 14 heavy (non-hydrogen) atoms. The Balaban J connectivity index is 2.43. The second-order valence-corrected chi connectivity index (χ2v) is 3.74. The third-order valence-corrected chi connectivity index (χ3v) is 2.45. The largest absolute Gasteiger partial charge is 0.361 e. The molecule has 1 saturated heterocycles. The van der Waals surface area contributed by atoms with E-state index >= 15 is 0 Å². The maximum Gasteiger partial charge on any atom is 0.156 e. The van der Waals surface area contributed by atoms with Crippen molar-refractivity contribution in [2.45, 2.75) is 32.4 Å². The standard InChI is InChI=1S/C10H16N2O2/c1-8(5-9(2)13)12-3-4-14-10(6-11)7-12/h8,10H,3-5,7H2,1-2H3. The summed E-state index contributed by atoms with van der Waals surface area (Å²) in [6.45, 7) is 5.62. The minimum atomic E-state index is -0.335. The summed E-state index contributed by atoms with van der Waals surface area (Å²) in [6, 6.07) is 2.31. The first kappa shape index (κ1) is 11.2. The topological polar surface area (TPSA) is 53.3 Å². The molecule has 1 heterocycles. The van der Waals surface area contributed by atoms with Crippen LogP contribution in [0.3, 0.4) is 0 Å². The number of ether oxygens (including phenoxy) is 1. The lowest BCUT2D eigenvalue weighted by Crippen LogP contribution is -2.46. The van der Waals surface area contributed by atoms with Gasteiger partial charge in [0.25, 0.3) is 0 Å². The molecule has 1 aliphatic rings. The van der Waals surface area contributed by atoms with Gasteiger partial charge in [0, 0.05) is 25.6 Å². The molecule has 2 atom stereocenters. The molecule has 1 fully saturated rings. The molecule has 0 aromatic rings. The average molecular weight is 196 g/mol. The molecule has 1 aliphatic heterocycles. The molecular formula is C10H16N2O2. The van der Waals surface area contributed by atoms with E-state index in [1.54, 1.807) is 6.92 Å². The van der Waals surface area contributed by atoms with Gasteiger partial charge in [-0.3, -0.25) is 9.69 Å². The number of carbonyl (C=O) groups is 1. The second kappa shape index (κ2) is 5.08. The van der Waals surface area contributed by atoms with E-state index in [0.717, 1.165) is 6.54 Å². The summed E-state index contributed by atoms with van der Waals surface area (Å²) in [7, 11) is 0. The van der Waals surface area contributed by atoms with E-state index in [2.05, 4.69) is 11.0 Å². The quantitative estimate of drug-likeness (QED) is 0.662. The Hall–Kier alpha value is -0.920. The van der Waals surface area contributed by atoms with Gasteiger partial charge < -0.3 is 4.74 Å². The maximum absolute atomic E-state index is 10.9. The van der Waals surface area contributed by atoms with Gasteiger partial charge in [0.05, 0.1) is 12.7 Å². The highest BCUT2D eigenvalue weighted by molar-refractivity contribution is 5.76. The van der Waals surface area contributed by atoms with Crippen molar-refractivity contribution in [3.63, 3.8) is 0 Å². The number of nitriles is 1. The van der Waals surface area contributed by atoms with E-state index in [0.29, 0.717) is 19.6 Å². The average Bonchev–Trinajstić information content (AvgIpc) is 2.17. The highest BCUT2D eigenvalue weighted by atomic mass is 16.5. The molecule has 2 unspecified atom stereocenters. The van der Waals surface area contributed by atoms with E-state index in [4.69, 9.17) is 10.00 Å². The Bertz CT molecular complexity index is 247. The number of carbonyl (C=O) groups excluding carboxylic acids is 1. The molecule has 4 nitrogen and oxygen atoms in total. The normalized spacial score (nSPS) is 25.4. The Morgan fingerprint density at radius 3 is 3.07 bits per heavy atom. The van der Waals surface area contributed by atoms with Crippen molar-refractivity contribution in [2.75, 3.05) is 19.7 Å². The summed E-state index contributed by atoms with van der Waals surface area (Å²) in [6.07, 6.45) is 0.219. The van der Waals surface area contributed by atoms with Crippen LogP contribution in [0.25, 0.3) is 0 Å². The first-order chi connectivity index (χ1) is 6.63. The number of Topliss-reactive ketones (excluding diaryl/α,β-unsaturated/α-hetero) is 1. The molecule has 0 N–H and O–H groups in total. The van der Waals surface area contributed by atoms with Crippen molar-refractivity contribution in [3.8, 4) is 6.07 Å². The highest BCUT2D eigenvalue weighted by Gasteiger charge is 2.24. The van der Waals surface area contributed by atoms with Gasteiger partial charge in [0.2, 0.25) is 0 Å². The van der Waals surface area contributed by atoms with E-state index in [1.807, 2.05) is 6.92 Å². The lowest BCUT2D eigenvalue weighted by atomic mass is 10.1. The summed E-state index contributed by atoms with van der Waals surface area (Å²) in [5.74, 6) is 0.192. The van der Waals surface area contributed by atoms with Crippen molar-refractivity contribution in [1.29, 1.82) is 5.26 Å². The molecule has 0 aromatic heterocycles. The molecule has 1 rings (SSSR count). The van der Waals surface area contributed by atoms with Crippen LogP contribution in [-0.4, -0.2) is 42.5 Å². The van der Waals surface area contributed by atoms with Gasteiger partial charge in [-0.2, -0.15) is 5.26 Å². The van der Waals surface area contributed by atoms with Gasteiger partial charge in [-0.25, -0.2) is 0 Å². The lowest BCUT2D eigenvalue weighted by molar-refractivity contribution is -0.118. The minimum absolute atomic E-state index is 0.192. The number of hydrogen-bond acceptors (Lipinski definition) is 4. The zero-order valence-electron chi connectivity index (χ0n) is 8.69. The van der Waals surface area contributed by atoms with Crippen molar-refractivity contribution < 1.29 is 9.53 Å². The Labute approximate surface area is 84.4 Å². The van der Waals surface area contributed by atoms with Gasteiger partial charge in [-0.1, -0.05) is 0 Å². The van der Waals surface area contributed by atoms with Crippen molar-refractivity contribution in [3.05, 3.63) is 0 Å². The maximum atomic E-state index is 10.9. The highest BCUT2D eigenvalue weighted by Crippen LogP contribution is 2.10. The van der Waals surface area contributed by atoms with Crippen LogP contribution in [0.2, 0.25) is 0 Å². The van der Waals surface area contributed by atoms with Gasteiger partial charge in [0.1, 0.15) is 5.78 Å². The predicted octanol–water partition coefficient (Wildman–Crippen LogP) is 0.578. The Morgan fingerprint density at radius 2 is 2.50 bits per heavy atom. The van der Waals surface area contributed by atoms with Gasteiger partial charge in [0.15, 0.2) is 6.10 Å². The molecule has 0 amide bonds. The third-order valence-electron chi connectivity index (χ3n) is 2.45. The van der Waals surface area contributed by atoms with Crippen LogP contribution < -0.4 is 0 Å². The van der Waals surface area contributed by atoms with E-state index in [9.17, 15) is 4.79 Å². The van der Waals surface area contributed by atoms with E-state index < -0.39 is 0 Å². The fraction of sp³-hybridized carbons (Fsp3) is 0.800. The number of rotatable bonds is 3. The second-order valence-electron chi connectivity index (χ2n) is 3.74. The van der Waals surface area contributed by atoms with Crippen LogP contribution in [0, 0.1) is 11.3 Å². The van der Waals surface area contributed by atoms with Crippen LogP contribution in [0.5, 0.6) is 0 Å². The smallest absolute Gasteiger partial charge is 0.156 e. The van der Waals surface area contributed by atoms with Gasteiger partial charge >= 0.3 is 0 Å². The molecule has 0 aliphatic carbocycles. The molecule has 0 spiro atoms. The number of ketones is 1. The lowest BCUT2D eigenvalue weighted by Gasteiger charge is -2.34. The van der Waals surface area contributed by atoms with Crippen molar-refractivity contribution in [1.82, 2.24) is 4.90 Å². The first-order valence-electron chi connectivity index (χ1n) is 4.88. The fourth-order valence-electron chi connectivity index (χ4n) is 1.69. The predicted molar refractivity (Wildman–Crippen MR) is 51.7 cm³/mol. The molecule has 0 aromatic carbocycles. The van der Waals surface area contributed by atoms with Crippen LogP contribution >= 0.6 is 0 Å². The summed E-state index contributed by atoms with van der Waals surface area (Å²) >= 11 is 0. The summed E-state index contributed by atoms with van der Waals surface area (Å²) in [5, 5.41) is 8.70. The summed E-state index contributed by atoms with van der Waals surface area (Å²) in [5.41, 5.74) is 0. The van der Waals surface area contributed by atoms with Crippen LogP contribution in [0.15, 0.2) is 0 Å². The zero-order chi connectivity index (χ0) is 10.6. The molecule has 0 bridgehead atoms. The van der Waals surface area contributed by atoms with Crippen LogP contribution in [0.1, 0.15) is 20.3 Å². The van der Waals surface area contributed by atoms with E-state index in [-0.39, 0.29) is 17.9 Å². The zero-order valence-corrected chi connectivity index (χ0v) is 8.69. The minimum Gasteiger partial charge on any atom is -0.361 e. The number of morpholine rings is 1. The van der Waals surface area contributed by atoms with E-state index in [1.165, 1.54) is 0 Å². The molecule has 0 radical (unpaired) electrons. The third kappa shape index (κ3) is 3.09. The first-order valence-corrected chi connectivity index (χ1v) is 4.88. The SMILES string of the molecule is CC(=O)CC(C)N1CCOC(C#N)C1. The van der Waals surface area contributed by atoms with Crippen LogP contribution in [-0.2, 0) is 9.53 Å². The van der Waals surface area contributed by atoms with Crippen molar-refractivity contribution >= 4 is 5.78 Å². The van der Waals surface area contributed by atoms with Crippen molar-refractivity contribution in [2.24, 2.45) is 0 Å². The fourth-order valence-corrected chi connectivity index (χ4v) is 1.69. The number of nitrogens with zero attached hydrogens (tertiary/aromatic N) is 2. The Kier molecular flexibility index (Phi) is 4.05. The van der Waals surface area contributed by atoms with Gasteiger partial charge in [-0.15, -0.1) is 0 Å². The summed E-state index contributed by atoms with van der Waals surface area (Å²) < 4.78 is 5.22. The van der Waals surface area contributed by atoms with Crippen LogP contribution in [0.4, 0.5) is 0 Å². The molecule has 78 valence electrons. The Morgan fingerprint density at radius 1 is 1.79 bits per heavy atom. The number of hydrogen-bond donors (Lipinski definition) is 0. The summed E-state index contributed by atoms with van der Waals surface area (Å²) in [4.78, 5) is 13.1. The molecule has 4 heteroatoms. The monoisotopic (exact) mass is 196 g/mol. The van der Waals surface area contributed by atoms with Gasteiger partial charge in [-0.05, 0) is 13.8 Å². The molecular weight excluding hydrogens is 180 g/mol. The molecule has 0 saturated carbocycles.